The Labute approximate surface area is 146 Å². The van der Waals surface area contributed by atoms with Crippen molar-refractivity contribution < 1.29 is 9.53 Å². The summed E-state index contributed by atoms with van der Waals surface area (Å²) in [6.07, 6.45) is 0. The van der Waals surface area contributed by atoms with Crippen molar-refractivity contribution in [2.75, 3.05) is 14.2 Å². The van der Waals surface area contributed by atoms with Crippen LogP contribution in [-0.2, 0) is 17.9 Å². The summed E-state index contributed by atoms with van der Waals surface area (Å²) >= 11 is 7.48. The molecule has 4 nitrogen and oxygen atoms in total. The van der Waals surface area contributed by atoms with Gasteiger partial charge in [0.05, 0.1) is 17.5 Å². The number of carbonyl (C=O) groups excluding carboxylic acids is 1. The first kappa shape index (κ1) is 17.8. The first-order valence-electron chi connectivity index (χ1n) is 7.34. The van der Waals surface area contributed by atoms with Crippen LogP contribution < -0.4 is 10.1 Å². The Kier molecular flexibility index (Phi) is 6.45. The molecule has 1 unspecified atom stereocenters. The maximum atomic E-state index is 12.3. The Morgan fingerprint density at radius 3 is 2.57 bits per heavy atom. The number of amides is 1. The van der Waals surface area contributed by atoms with Gasteiger partial charge in [-0.3, -0.25) is 9.69 Å². The summed E-state index contributed by atoms with van der Waals surface area (Å²) in [5.74, 6) is 0.814. The molecule has 0 aliphatic heterocycles. The largest absolute Gasteiger partial charge is 0.497 e. The molecular weight excluding hydrogens is 332 g/mol. The van der Waals surface area contributed by atoms with Gasteiger partial charge in [-0.2, -0.15) is 0 Å². The van der Waals surface area contributed by atoms with Gasteiger partial charge in [0.1, 0.15) is 5.75 Å². The number of carbonyl (C=O) groups is 1. The molecule has 0 aliphatic carbocycles. The van der Waals surface area contributed by atoms with Crippen LogP contribution in [0.3, 0.4) is 0 Å². The van der Waals surface area contributed by atoms with E-state index < -0.39 is 0 Å². The van der Waals surface area contributed by atoms with Crippen molar-refractivity contribution in [1.29, 1.82) is 0 Å². The quantitative estimate of drug-likeness (QED) is 0.828. The van der Waals surface area contributed by atoms with Crippen LogP contribution in [0, 0.1) is 0 Å². The molecule has 1 heterocycles. The first-order valence-corrected chi connectivity index (χ1v) is 8.54. The maximum absolute atomic E-state index is 12.3. The van der Waals surface area contributed by atoms with Gasteiger partial charge in [0.25, 0.3) is 0 Å². The zero-order chi connectivity index (χ0) is 16.8. The van der Waals surface area contributed by atoms with Crippen LogP contribution in [-0.4, -0.2) is 31.0 Å². The van der Waals surface area contributed by atoms with Crippen molar-refractivity contribution in [3.05, 3.63) is 51.2 Å². The third-order valence-corrected chi connectivity index (χ3v) is 4.92. The Morgan fingerprint density at radius 2 is 2.00 bits per heavy atom. The number of nitrogens with zero attached hydrogens (tertiary/aromatic N) is 1. The van der Waals surface area contributed by atoms with Gasteiger partial charge in [0.15, 0.2) is 0 Å². The topological polar surface area (TPSA) is 41.6 Å². The zero-order valence-electron chi connectivity index (χ0n) is 13.5. The lowest BCUT2D eigenvalue weighted by Crippen LogP contribution is -2.42. The highest BCUT2D eigenvalue weighted by Crippen LogP contribution is 2.22. The van der Waals surface area contributed by atoms with E-state index in [0.29, 0.717) is 13.1 Å². The van der Waals surface area contributed by atoms with Crippen LogP contribution in [0.25, 0.3) is 0 Å². The second-order valence-corrected chi connectivity index (χ2v) is 7.16. The minimum atomic E-state index is -0.214. The van der Waals surface area contributed by atoms with E-state index in [0.717, 1.165) is 20.5 Å². The van der Waals surface area contributed by atoms with Gasteiger partial charge in [-0.15, -0.1) is 11.3 Å². The summed E-state index contributed by atoms with van der Waals surface area (Å²) in [5.41, 5.74) is 1.04. The zero-order valence-corrected chi connectivity index (χ0v) is 15.1. The summed E-state index contributed by atoms with van der Waals surface area (Å²) < 4.78 is 5.89. The van der Waals surface area contributed by atoms with Crippen molar-refractivity contribution >= 4 is 28.8 Å². The fourth-order valence-corrected chi connectivity index (χ4v) is 3.25. The number of benzene rings is 1. The van der Waals surface area contributed by atoms with Crippen molar-refractivity contribution in [1.82, 2.24) is 10.2 Å². The second kappa shape index (κ2) is 8.34. The van der Waals surface area contributed by atoms with Crippen molar-refractivity contribution in [3.63, 3.8) is 0 Å². The lowest BCUT2D eigenvalue weighted by atomic mass is 10.2. The van der Waals surface area contributed by atoms with E-state index in [2.05, 4.69) is 5.32 Å². The van der Waals surface area contributed by atoms with E-state index >= 15 is 0 Å². The predicted molar refractivity (Wildman–Crippen MR) is 95.1 cm³/mol. The lowest BCUT2D eigenvalue weighted by molar-refractivity contribution is -0.125. The van der Waals surface area contributed by atoms with Gasteiger partial charge in [-0.1, -0.05) is 23.7 Å². The molecule has 0 bridgehead atoms. The lowest BCUT2D eigenvalue weighted by Gasteiger charge is -2.23. The Morgan fingerprint density at radius 1 is 1.30 bits per heavy atom. The van der Waals surface area contributed by atoms with Crippen LogP contribution in [0.1, 0.15) is 17.4 Å². The molecule has 2 rings (SSSR count). The summed E-state index contributed by atoms with van der Waals surface area (Å²) in [7, 11) is 3.57. The van der Waals surface area contributed by atoms with Crippen molar-refractivity contribution in [2.24, 2.45) is 0 Å². The van der Waals surface area contributed by atoms with E-state index in [9.17, 15) is 4.79 Å². The van der Waals surface area contributed by atoms with Gasteiger partial charge in [0.2, 0.25) is 5.91 Å². The number of thiophene rings is 1. The Hall–Kier alpha value is -1.56. The fourth-order valence-electron chi connectivity index (χ4n) is 2.10. The van der Waals surface area contributed by atoms with Crippen molar-refractivity contribution in [2.45, 2.75) is 26.1 Å². The molecule has 0 fully saturated rings. The Bertz CT molecular complexity index is 642. The van der Waals surface area contributed by atoms with E-state index in [-0.39, 0.29) is 11.9 Å². The molecular formula is C17H21ClN2O2S. The van der Waals surface area contributed by atoms with E-state index in [1.54, 1.807) is 7.11 Å². The van der Waals surface area contributed by atoms with Gasteiger partial charge in [-0.05, 0) is 43.8 Å². The summed E-state index contributed by atoms with van der Waals surface area (Å²) in [5, 5.41) is 2.96. The molecule has 2 aromatic rings. The minimum Gasteiger partial charge on any atom is -0.497 e. The molecule has 1 N–H and O–H groups in total. The van der Waals surface area contributed by atoms with Gasteiger partial charge < -0.3 is 10.1 Å². The molecule has 0 saturated carbocycles. The van der Waals surface area contributed by atoms with Gasteiger partial charge in [0, 0.05) is 18.0 Å². The number of likely N-dealkylation sites (N-methyl/N-ethyl adjacent to an activating group) is 1. The first-order chi connectivity index (χ1) is 11.0. The molecule has 0 saturated heterocycles. The van der Waals surface area contributed by atoms with Crippen LogP contribution in [0.5, 0.6) is 5.75 Å². The van der Waals surface area contributed by atoms with Crippen LogP contribution >= 0.6 is 22.9 Å². The molecule has 1 aromatic heterocycles. The average molecular weight is 353 g/mol. The Balaban J connectivity index is 1.83. The minimum absolute atomic E-state index is 0.00553. The predicted octanol–water partition coefficient (Wildman–Crippen LogP) is 3.55. The molecule has 23 heavy (non-hydrogen) atoms. The summed E-state index contributed by atoms with van der Waals surface area (Å²) in [4.78, 5) is 15.4. The number of halogens is 1. The van der Waals surface area contributed by atoms with E-state index in [4.69, 9.17) is 16.3 Å². The number of ether oxygens (including phenoxy) is 1. The highest BCUT2D eigenvalue weighted by atomic mass is 35.5. The van der Waals surface area contributed by atoms with Gasteiger partial charge in [-0.25, -0.2) is 0 Å². The molecule has 1 aromatic carbocycles. The molecule has 0 spiro atoms. The maximum Gasteiger partial charge on any atom is 0.237 e. The van der Waals surface area contributed by atoms with Crippen molar-refractivity contribution in [3.8, 4) is 5.75 Å². The molecule has 1 atom stereocenters. The molecule has 0 radical (unpaired) electrons. The highest BCUT2D eigenvalue weighted by Gasteiger charge is 2.18. The van der Waals surface area contributed by atoms with Crippen LogP contribution in [0.4, 0.5) is 0 Å². The average Bonchev–Trinajstić information content (AvgIpc) is 2.97. The third-order valence-electron chi connectivity index (χ3n) is 3.70. The fraction of sp³-hybridized carbons (Fsp3) is 0.353. The molecule has 0 aliphatic rings. The number of nitrogens with one attached hydrogen (secondary N) is 1. The molecule has 124 valence electrons. The van der Waals surface area contributed by atoms with Gasteiger partial charge >= 0.3 is 0 Å². The third kappa shape index (κ3) is 5.23. The second-order valence-electron chi connectivity index (χ2n) is 5.36. The van der Waals surface area contributed by atoms with E-state index in [1.807, 2.05) is 55.3 Å². The number of hydrogen-bond acceptors (Lipinski definition) is 4. The number of methoxy groups -OCH3 is 1. The standard InChI is InChI=1S/C17H21ClN2O2S/c1-12(20(2)11-15-8-9-16(18)23-15)17(21)19-10-13-4-6-14(22-3)7-5-13/h4-9,12H,10-11H2,1-3H3,(H,19,21). The highest BCUT2D eigenvalue weighted by molar-refractivity contribution is 7.16. The normalized spacial score (nSPS) is 12.2. The summed E-state index contributed by atoms with van der Waals surface area (Å²) in [6.45, 7) is 3.11. The van der Waals surface area contributed by atoms with Crippen LogP contribution in [0.2, 0.25) is 4.34 Å². The monoisotopic (exact) mass is 352 g/mol. The molecule has 1 amide bonds. The number of hydrogen-bond donors (Lipinski definition) is 1. The smallest absolute Gasteiger partial charge is 0.237 e. The van der Waals surface area contributed by atoms with Crippen LogP contribution in [0.15, 0.2) is 36.4 Å². The van der Waals surface area contributed by atoms with E-state index in [1.165, 1.54) is 11.3 Å². The SMILES string of the molecule is COc1ccc(CNC(=O)C(C)N(C)Cc2ccc(Cl)s2)cc1. The molecule has 6 heteroatoms. The number of rotatable bonds is 7. The summed E-state index contributed by atoms with van der Waals surface area (Å²) in [6, 6.07) is 11.3.